The van der Waals surface area contributed by atoms with E-state index in [1.165, 1.54) is 19.1 Å². The molecule has 1 aliphatic carbocycles. The number of nitrogens with one attached hydrogen (secondary N) is 2. The van der Waals surface area contributed by atoms with E-state index < -0.39 is 21.3 Å². The van der Waals surface area contributed by atoms with Gasteiger partial charge in [0.1, 0.15) is 12.4 Å². The van der Waals surface area contributed by atoms with Crippen LogP contribution >= 0.6 is 0 Å². The van der Waals surface area contributed by atoms with Crippen LogP contribution in [0.4, 0.5) is 5.69 Å². The Morgan fingerprint density at radius 1 is 1.23 bits per heavy atom. The highest BCUT2D eigenvalue weighted by molar-refractivity contribution is 7.90. The molecule has 30 heavy (non-hydrogen) atoms. The Bertz CT molecular complexity index is 1100. The molecule has 0 bridgehead atoms. The predicted molar refractivity (Wildman–Crippen MR) is 113 cm³/mol. The van der Waals surface area contributed by atoms with Crippen molar-refractivity contribution in [2.24, 2.45) is 11.3 Å². The highest BCUT2D eigenvalue weighted by Crippen LogP contribution is 2.53. The van der Waals surface area contributed by atoms with E-state index >= 15 is 0 Å². The van der Waals surface area contributed by atoms with E-state index in [0.29, 0.717) is 23.4 Å². The lowest BCUT2D eigenvalue weighted by Gasteiger charge is -2.13. The molecule has 2 amide bonds. The predicted octanol–water partition coefficient (Wildman–Crippen LogP) is 3.24. The topological polar surface area (TPSA) is 102 Å². The number of anilines is 1. The minimum Gasteiger partial charge on any atom is -0.489 e. The quantitative estimate of drug-likeness (QED) is 0.629. The summed E-state index contributed by atoms with van der Waals surface area (Å²) in [5, 5.41) is 2.67. The fraction of sp³-hybridized carbons (Fsp3) is 0.273. The number of hydrogen-bond donors (Lipinski definition) is 2. The molecule has 1 aliphatic rings. The van der Waals surface area contributed by atoms with Crippen LogP contribution in [-0.2, 0) is 26.2 Å². The molecule has 2 aromatic carbocycles. The van der Waals surface area contributed by atoms with Gasteiger partial charge in [-0.15, -0.1) is 6.58 Å². The van der Waals surface area contributed by atoms with Crippen molar-refractivity contribution in [3.05, 3.63) is 66.7 Å². The molecule has 0 spiro atoms. The van der Waals surface area contributed by atoms with E-state index in [0.717, 1.165) is 0 Å². The van der Waals surface area contributed by atoms with Crippen LogP contribution in [0.5, 0.6) is 5.75 Å². The first-order chi connectivity index (χ1) is 14.1. The first-order valence-electron chi connectivity index (χ1n) is 9.43. The lowest BCUT2D eigenvalue weighted by atomic mass is 10.1. The normalized spacial score (nSPS) is 20.1. The van der Waals surface area contributed by atoms with Crippen molar-refractivity contribution >= 4 is 27.5 Å². The summed E-state index contributed by atoms with van der Waals surface area (Å²) in [4.78, 5) is 23.6. The molecule has 2 atom stereocenters. The zero-order chi connectivity index (χ0) is 21.9. The summed E-state index contributed by atoms with van der Waals surface area (Å²) in [5.41, 5.74) is 0.497. The Balaban J connectivity index is 1.68. The van der Waals surface area contributed by atoms with Crippen LogP contribution in [0.2, 0.25) is 0 Å². The molecule has 2 aromatic rings. The van der Waals surface area contributed by atoms with E-state index in [1.807, 2.05) is 0 Å². The summed E-state index contributed by atoms with van der Waals surface area (Å²) in [6, 6.07) is 13.1. The van der Waals surface area contributed by atoms with Crippen molar-refractivity contribution in [3.63, 3.8) is 0 Å². The maximum absolute atomic E-state index is 12.6. The summed E-state index contributed by atoms with van der Waals surface area (Å²) in [6.45, 7) is 6.93. The number of hydrogen-bond acceptors (Lipinski definition) is 5. The Morgan fingerprint density at radius 2 is 1.97 bits per heavy atom. The number of carbonyl (C=O) groups excluding carboxylic acids is 2. The summed E-state index contributed by atoms with van der Waals surface area (Å²) >= 11 is 0. The van der Waals surface area contributed by atoms with Gasteiger partial charge >= 0.3 is 0 Å². The summed E-state index contributed by atoms with van der Waals surface area (Å²) < 4.78 is 33.2. The first kappa shape index (κ1) is 21.6. The number of benzene rings is 2. The standard InChI is InChI=1S/C22H24N2O5S/c1-4-17-13-22(17,3)21(26)24-30(27,28)20-10-5-7-16(11-20)14-29-19-9-6-8-18(12-19)23-15(2)25/h4-12,17H,1,13-14H2,2-3H3,(H,23,25)(H,24,26)/t17-,22+/m1/s1. The molecule has 0 aromatic heterocycles. The monoisotopic (exact) mass is 428 g/mol. The van der Waals surface area contributed by atoms with Gasteiger partial charge in [0, 0.05) is 18.7 Å². The van der Waals surface area contributed by atoms with Crippen LogP contribution in [0.3, 0.4) is 0 Å². The van der Waals surface area contributed by atoms with Crippen LogP contribution in [0.1, 0.15) is 25.8 Å². The molecule has 0 aliphatic heterocycles. The van der Waals surface area contributed by atoms with E-state index in [2.05, 4.69) is 16.6 Å². The second kappa shape index (κ2) is 8.31. The summed E-state index contributed by atoms with van der Waals surface area (Å²) in [6.07, 6.45) is 2.26. The van der Waals surface area contributed by atoms with Crippen LogP contribution in [0.25, 0.3) is 0 Å². The highest BCUT2D eigenvalue weighted by Gasteiger charge is 2.55. The third-order valence-electron chi connectivity index (χ3n) is 5.10. The average molecular weight is 429 g/mol. The van der Waals surface area contributed by atoms with Crippen molar-refractivity contribution in [1.82, 2.24) is 4.72 Å². The van der Waals surface area contributed by atoms with E-state index in [-0.39, 0.29) is 23.3 Å². The lowest BCUT2D eigenvalue weighted by molar-refractivity contribution is -0.124. The zero-order valence-electron chi connectivity index (χ0n) is 16.8. The largest absolute Gasteiger partial charge is 0.489 e. The second-order valence-corrected chi connectivity index (χ2v) is 9.23. The van der Waals surface area contributed by atoms with Gasteiger partial charge in [0.2, 0.25) is 11.8 Å². The average Bonchev–Trinajstić information content (AvgIpc) is 3.38. The zero-order valence-corrected chi connectivity index (χ0v) is 17.7. The van der Waals surface area contributed by atoms with Crippen LogP contribution < -0.4 is 14.8 Å². The SMILES string of the molecule is C=C[C@@H]1C[C@]1(C)C(=O)NS(=O)(=O)c1cccc(COc2cccc(NC(C)=O)c2)c1. The van der Waals surface area contributed by atoms with Gasteiger partial charge < -0.3 is 10.1 Å². The van der Waals surface area contributed by atoms with Crippen LogP contribution in [0, 0.1) is 11.3 Å². The smallest absolute Gasteiger partial charge is 0.264 e. The maximum atomic E-state index is 12.6. The molecule has 1 fully saturated rings. The van der Waals surface area contributed by atoms with Crippen molar-refractivity contribution in [1.29, 1.82) is 0 Å². The van der Waals surface area contributed by atoms with Crippen molar-refractivity contribution in [2.45, 2.75) is 31.8 Å². The van der Waals surface area contributed by atoms with Gasteiger partial charge in [0.05, 0.1) is 10.3 Å². The van der Waals surface area contributed by atoms with Crippen LogP contribution in [-0.4, -0.2) is 20.2 Å². The van der Waals surface area contributed by atoms with Crippen molar-refractivity contribution < 1.29 is 22.7 Å². The van der Waals surface area contributed by atoms with E-state index in [1.54, 1.807) is 49.4 Å². The number of allylic oxidation sites excluding steroid dienone is 1. The molecule has 1 saturated carbocycles. The van der Waals surface area contributed by atoms with Gasteiger partial charge in [-0.3, -0.25) is 9.59 Å². The van der Waals surface area contributed by atoms with Gasteiger partial charge in [-0.05, 0) is 42.2 Å². The van der Waals surface area contributed by atoms with Gasteiger partial charge in [-0.1, -0.05) is 31.2 Å². The van der Waals surface area contributed by atoms with Crippen molar-refractivity contribution in [2.75, 3.05) is 5.32 Å². The molecule has 7 nitrogen and oxygen atoms in total. The molecular weight excluding hydrogens is 404 g/mol. The van der Waals surface area contributed by atoms with E-state index in [4.69, 9.17) is 4.74 Å². The molecule has 0 unspecified atom stereocenters. The molecule has 158 valence electrons. The molecule has 8 heteroatoms. The molecular formula is C22H24N2O5S. The number of amides is 2. The second-order valence-electron chi connectivity index (χ2n) is 7.54. The third-order valence-corrected chi connectivity index (χ3v) is 6.43. The summed E-state index contributed by atoms with van der Waals surface area (Å²) in [7, 11) is -4.00. The number of sulfonamides is 1. The molecule has 0 saturated heterocycles. The fourth-order valence-corrected chi connectivity index (χ4v) is 4.30. The Hall–Kier alpha value is -3.13. The number of rotatable bonds is 8. The first-order valence-corrected chi connectivity index (χ1v) is 10.9. The molecule has 0 heterocycles. The van der Waals surface area contributed by atoms with Gasteiger partial charge in [0.15, 0.2) is 0 Å². The Labute approximate surface area is 176 Å². The molecule has 2 N–H and O–H groups in total. The molecule has 0 radical (unpaired) electrons. The Morgan fingerprint density at radius 3 is 2.63 bits per heavy atom. The third kappa shape index (κ3) is 4.88. The minimum absolute atomic E-state index is 0.0108. The minimum atomic E-state index is -4.00. The molecule has 3 rings (SSSR count). The number of carbonyl (C=O) groups is 2. The number of ether oxygens (including phenoxy) is 1. The highest BCUT2D eigenvalue weighted by atomic mass is 32.2. The Kier molecular flexibility index (Phi) is 5.98. The van der Waals surface area contributed by atoms with Gasteiger partial charge in [-0.2, -0.15) is 0 Å². The fourth-order valence-electron chi connectivity index (χ4n) is 3.14. The van der Waals surface area contributed by atoms with Gasteiger partial charge in [-0.25, -0.2) is 13.1 Å². The summed E-state index contributed by atoms with van der Waals surface area (Å²) in [5.74, 6) is -0.198. The lowest BCUT2D eigenvalue weighted by Crippen LogP contribution is -2.36. The maximum Gasteiger partial charge on any atom is 0.264 e. The van der Waals surface area contributed by atoms with Crippen LogP contribution in [0.15, 0.2) is 66.1 Å². The van der Waals surface area contributed by atoms with Crippen molar-refractivity contribution in [3.8, 4) is 5.75 Å². The van der Waals surface area contributed by atoms with Gasteiger partial charge in [0.25, 0.3) is 10.0 Å². The van der Waals surface area contributed by atoms with E-state index in [9.17, 15) is 18.0 Å².